The maximum atomic E-state index is 12.3. The van der Waals surface area contributed by atoms with E-state index in [1.54, 1.807) is 6.92 Å². The Kier molecular flexibility index (Phi) is 4.95. The number of aromatic nitrogens is 2. The van der Waals surface area contributed by atoms with E-state index in [9.17, 15) is 4.79 Å². The van der Waals surface area contributed by atoms with E-state index in [1.807, 2.05) is 42.7 Å². The third-order valence-corrected chi connectivity index (χ3v) is 5.09. The molecule has 0 spiro atoms. The van der Waals surface area contributed by atoms with Gasteiger partial charge >= 0.3 is 0 Å². The van der Waals surface area contributed by atoms with Gasteiger partial charge in [0, 0.05) is 29.2 Å². The van der Waals surface area contributed by atoms with E-state index < -0.39 is 0 Å². The first kappa shape index (κ1) is 17.0. The molecule has 0 fully saturated rings. The van der Waals surface area contributed by atoms with Crippen molar-refractivity contribution in [3.63, 3.8) is 0 Å². The van der Waals surface area contributed by atoms with Gasteiger partial charge in [0.1, 0.15) is 0 Å². The summed E-state index contributed by atoms with van der Waals surface area (Å²) in [5.74, 6) is 0.0904. The Morgan fingerprint density at radius 1 is 1.21 bits per heavy atom. The number of nitrogens with zero attached hydrogens (tertiary/aromatic N) is 2. The zero-order valence-electron chi connectivity index (χ0n) is 14.4. The largest absolute Gasteiger partial charge is 0.345 e. The van der Waals surface area contributed by atoms with Gasteiger partial charge in [-0.25, -0.2) is 0 Å². The van der Waals surface area contributed by atoms with Crippen LogP contribution in [0.2, 0.25) is 0 Å². The summed E-state index contributed by atoms with van der Waals surface area (Å²) in [6.45, 7) is 5.66. The third-order valence-electron chi connectivity index (χ3n) is 4.60. The van der Waals surface area contributed by atoms with Crippen molar-refractivity contribution in [1.29, 1.82) is 0 Å². The van der Waals surface area contributed by atoms with Crippen LogP contribution in [0.5, 0.6) is 0 Å². The minimum atomic E-state index is 0.0904. The zero-order chi connectivity index (χ0) is 17.3. The van der Waals surface area contributed by atoms with E-state index in [1.165, 1.54) is 16.6 Å². The van der Waals surface area contributed by atoms with E-state index in [0.717, 1.165) is 29.3 Å². The lowest BCUT2D eigenvalue weighted by Crippen LogP contribution is -2.21. The van der Waals surface area contributed by atoms with Crippen molar-refractivity contribution in [3.05, 3.63) is 58.5 Å². The fourth-order valence-corrected chi connectivity index (χ4v) is 4.12. The molecule has 1 unspecified atom stereocenters. The van der Waals surface area contributed by atoms with Crippen LogP contribution < -0.4 is 0 Å². The molecule has 0 N–H and O–H groups in total. The number of aryl methyl sites for hydroxylation is 1. The monoisotopic (exact) mass is 386 g/mol. The average Bonchev–Trinajstić information content (AvgIpc) is 3.22. The number of fused-ring (bicyclic) bond motifs is 3. The van der Waals surface area contributed by atoms with Crippen LogP contribution in [0.4, 0.5) is 0 Å². The van der Waals surface area contributed by atoms with Crippen molar-refractivity contribution in [2.45, 2.75) is 46.1 Å². The zero-order valence-corrected chi connectivity index (χ0v) is 16.0. The normalized spacial score (nSPS) is 16.4. The fraction of sp³-hybridized carbons (Fsp3) is 0.350. The van der Waals surface area contributed by atoms with Gasteiger partial charge in [0.05, 0.1) is 17.3 Å². The summed E-state index contributed by atoms with van der Waals surface area (Å²) >= 11 is 3.56. The minimum Gasteiger partial charge on any atom is -0.345 e. The van der Waals surface area contributed by atoms with Gasteiger partial charge in [-0.2, -0.15) is 0 Å². The van der Waals surface area contributed by atoms with E-state index in [0.29, 0.717) is 0 Å². The molecule has 2 aromatic heterocycles. The minimum absolute atomic E-state index is 0.0904. The van der Waals surface area contributed by atoms with Crippen LogP contribution in [0, 0.1) is 0 Å². The van der Waals surface area contributed by atoms with Crippen LogP contribution in [-0.4, -0.2) is 15.0 Å². The topological polar surface area (TPSA) is 26.9 Å². The van der Waals surface area contributed by atoms with Gasteiger partial charge in [0.15, 0.2) is 0 Å². The van der Waals surface area contributed by atoms with E-state index >= 15 is 0 Å². The van der Waals surface area contributed by atoms with E-state index in [-0.39, 0.29) is 11.9 Å². The second-order valence-electron chi connectivity index (χ2n) is 5.92. The van der Waals surface area contributed by atoms with Gasteiger partial charge in [-0.1, -0.05) is 29.8 Å². The number of halogens is 1. The average molecular weight is 387 g/mol. The Hall–Kier alpha value is -1.81. The van der Waals surface area contributed by atoms with Gasteiger partial charge in [-0.05, 0) is 55.2 Å². The van der Waals surface area contributed by atoms with Crippen LogP contribution in [0.1, 0.15) is 55.7 Å². The Morgan fingerprint density at radius 3 is 2.58 bits per heavy atom. The molecule has 0 saturated heterocycles. The SMILES string of the molecule is CC.CC(=O)n1c2c(c3cc(Br)ccc31)CCCC2n1cccc1. The van der Waals surface area contributed by atoms with Crippen molar-refractivity contribution < 1.29 is 4.79 Å². The molecule has 0 bridgehead atoms. The Labute approximate surface area is 151 Å². The summed E-state index contributed by atoms with van der Waals surface area (Å²) in [4.78, 5) is 12.3. The fourth-order valence-electron chi connectivity index (χ4n) is 3.75. The highest BCUT2D eigenvalue weighted by molar-refractivity contribution is 9.10. The number of hydrogen-bond donors (Lipinski definition) is 0. The Balaban J connectivity index is 0.000000815. The van der Waals surface area contributed by atoms with Gasteiger partial charge in [0.2, 0.25) is 5.91 Å². The number of carbonyl (C=O) groups excluding carboxylic acids is 1. The summed E-state index contributed by atoms with van der Waals surface area (Å²) in [5, 5.41) is 1.21. The van der Waals surface area contributed by atoms with Crippen molar-refractivity contribution in [3.8, 4) is 0 Å². The molecule has 0 amide bonds. The van der Waals surface area contributed by atoms with Crippen molar-refractivity contribution in [1.82, 2.24) is 9.13 Å². The molecule has 0 radical (unpaired) electrons. The molecule has 3 nitrogen and oxygen atoms in total. The number of hydrogen-bond acceptors (Lipinski definition) is 1. The number of carbonyl (C=O) groups is 1. The molecule has 1 aliphatic carbocycles. The van der Waals surface area contributed by atoms with Gasteiger partial charge in [-0.3, -0.25) is 9.36 Å². The third kappa shape index (κ3) is 2.73. The quantitative estimate of drug-likeness (QED) is 0.517. The van der Waals surface area contributed by atoms with Crippen molar-refractivity contribution in [2.75, 3.05) is 0 Å². The summed E-state index contributed by atoms with van der Waals surface area (Å²) in [7, 11) is 0. The molecule has 1 aromatic carbocycles. The highest BCUT2D eigenvalue weighted by Crippen LogP contribution is 2.40. The molecule has 4 heteroatoms. The van der Waals surface area contributed by atoms with Gasteiger partial charge < -0.3 is 4.57 Å². The lowest BCUT2D eigenvalue weighted by molar-refractivity contribution is 0.0935. The first-order valence-corrected chi connectivity index (χ1v) is 9.42. The molecule has 1 atom stereocenters. The molecule has 1 aliphatic rings. The summed E-state index contributed by atoms with van der Waals surface area (Å²) in [5.41, 5.74) is 3.53. The van der Waals surface area contributed by atoms with Crippen LogP contribution in [0.15, 0.2) is 47.2 Å². The van der Waals surface area contributed by atoms with E-state index in [4.69, 9.17) is 0 Å². The molecule has 3 aromatic rings. The van der Waals surface area contributed by atoms with Crippen LogP contribution in [0.25, 0.3) is 10.9 Å². The maximum Gasteiger partial charge on any atom is 0.228 e. The van der Waals surface area contributed by atoms with E-state index in [2.05, 4.69) is 39.0 Å². The Bertz CT molecular complexity index is 862. The summed E-state index contributed by atoms with van der Waals surface area (Å²) < 4.78 is 5.21. The number of benzene rings is 1. The molecule has 0 saturated carbocycles. The molecule has 0 aliphatic heterocycles. The van der Waals surface area contributed by atoms with Crippen LogP contribution in [0.3, 0.4) is 0 Å². The molecule has 4 rings (SSSR count). The molecular formula is C20H23BrN2O. The first-order valence-electron chi connectivity index (χ1n) is 8.63. The number of rotatable bonds is 1. The maximum absolute atomic E-state index is 12.3. The standard InChI is InChI=1S/C18H17BrN2O.C2H6/c1-12(22)21-16-8-7-13(19)11-15(16)14-5-4-6-17(18(14)21)20-9-2-3-10-20;1-2/h2-3,7-11,17H,4-6H2,1H3;1-2H3. The lowest BCUT2D eigenvalue weighted by atomic mass is 9.91. The highest BCUT2D eigenvalue weighted by Gasteiger charge is 2.29. The Morgan fingerprint density at radius 2 is 1.92 bits per heavy atom. The molecule has 2 heterocycles. The smallest absolute Gasteiger partial charge is 0.228 e. The van der Waals surface area contributed by atoms with Crippen LogP contribution >= 0.6 is 15.9 Å². The summed E-state index contributed by atoms with van der Waals surface area (Å²) in [6, 6.07) is 10.5. The molecular weight excluding hydrogens is 364 g/mol. The van der Waals surface area contributed by atoms with Gasteiger partial charge in [-0.15, -0.1) is 0 Å². The molecule has 126 valence electrons. The summed E-state index contributed by atoms with van der Waals surface area (Å²) in [6.07, 6.45) is 7.46. The first-order chi connectivity index (χ1) is 11.7. The van der Waals surface area contributed by atoms with Gasteiger partial charge in [0.25, 0.3) is 0 Å². The van der Waals surface area contributed by atoms with Crippen molar-refractivity contribution in [2.24, 2.45) is 0 Å². The van der Waals surface area contributed by atoms with Crippen molar-refractivity contribution >= 4 is 32.7 Å². The lowest BCUT2D eigenvalue weighted by Gasteiger charge is -2.26. The predicted molar refractivity (Wildman–Crippen MR) is 103 cm³/mol. The predicted octanol–water partition coefficient (Wildman–Crippen LogP) is 5.82. The second-order valence-corrected chi connectivity index (χ2v) is 6.83. The highest BCUT2D eigenvalue weighted by atomic mass is 79.9. The van der Waals surface area contributed by atoms with Crippen LogP contribution in [-0.2, 0) is 6.42 Å². The molecule has 24 heavy (non-hydrogen) atoms. The second kappa shape index (κ2) is 6.98.